The Bertz CT molecular complexity index is 955. The number of fused-ring (bicyclic) bond motifs is 1. The Morgan fingerprint density at radius 1 is 1.03 bits per heavy atom. The highest BCUT2D eigenvalue weighted by Crippen LogP contribution is 2.30. The monoisotopic (exact) mass is 400 g/mol. The summed E-state index contributed by atoms with van der Waals surface area (Å²) in [5.74, 6) is -1.38. The highest BCUT2D eigenvalue weighted by Gasteiger charge is 2.27. The molecule has 0 aromatic heterocycles. The molecule has 0 bridgehead atoms. The average molecular weight is 400 g/mol. The number of carbonyl (C=O) groups is 2. The van der Waals surface area contributed by atoms with E-state index in [-0.39, 0.29) is 23.7 Å². The number of halogens is 2. The van der Waals surface area contributed by atoms with Crippen molar-refractivity contribution in [1.29, 1.82) is 0 Å². The molecule has 2 aliphatic rings. The van der Waals surface area contributed by atoms with Crippen LogP contribution < -0.4 is 9.64 Å². The molecule has 29 heavy (non-hydrogen) atoms. The minimum Gasteiger partial charge on any atom is -0.487 e. The summed E-state index contributed by atoms with van der Waals surface area (Å²) in [6.45, 7) is 3.19. The lowest BCUT2D eigenvalue weighted by atomic mass is 10.0. The predicted molar refractivity (Wildman–Crippen MR) is 104 cm³/mol. The van der Waals surface area contributed by atoms with E-state index >= 15 is 0 Å². The number of piperidine rings is 1. The second kappa shape index (κ2) is 7.81. The molecule has 0 aliphatic carbocycles. The summed E-state index contributed by atoms with van der Waals surface area (Å²) in [6, 6.07) is 8.73. The third kappa shape index (κ3) is 3.95. The fraction of sp³-hybridized carbons (Fsp3) is 0.364. The summed E-state index contributed by atoms with van der Waals surface area (Å²) >= 11 is 0. The number of hydrogen-bond donors (Lipinski definition) is 0. The molecule has 7 heteroatoms. The van der Waals surface area contributed by atoms with Crippen molar-refractivity contribution in [3.8, 4) is 5.75 Å². The molecule has 2 amide bonds. The topological polar surface area (TPSA) is 49.9 Å². The summed E-state index contributed by atoms with van der Waals surface area (Å²) in [5, 5.41) is 0. The van der Waals surface area contributed by atoms with Crippen LogP contribution in [-0.2, 0) is 11.2 Å². The maximum absolute atomic E-state index is 13.8. The third-order valence-corrected chi connectivity index (χ3v) is 5.52. The zero-order chi connectivity index (χ0) is 20.5. The van der Waals surface area contributed by atoms with E-state index in [0.717, 1.165) is 29.8 Å². The molecule has 1 fully saturated rings. The molecule has 5 nitrogen and oxygen atoms in total. The summed E-state index contributed by atoms with van der Waals surface area (Å²) in [6.07, 6.45) is 1.68. The first kappa shape index (κ1) is 19.4. The Morgan fingerprint density at radius 3 is 2.48 bits per heavy atom. The van der Waals surface area contributed by atoms with Gasteiger partial charge in [0.1, 0.15) is 11.9 Å². The zero-order valence-electron chi connectivity index (χ0n) is 16.2. The third-order valence-electron chi connectivity index (χ3n) is 5.52. The van der Waals surface area contributed by atoms with Crippen LogP contribution in [0, 0.1) is 11.6 Å². The molecular weight excluding hydrogens is 378 g/mol. The summed E-state index contributed by atoms with van der Waals surface area (Å²) in [4.78, 5) is 28.0. The number of nitrogens with zero attached hydrogens (tertiary/aromatic N) is 2. The maximum atomic E-state index is 13.8. The molecular formula is C22H22F2N2O3. The van der Waals surface area contributed by atoms with Crippen LogP contribution in [-0.4, -0.2) is 42.5 Å². The van der Waals surface area contributed by atoms with Crippen molar-refractivity contribution in [3.05, 3.63) is 59.2 Å². The largest absolute Gasteiger partial charge is 0.487 e. The van der Waals surface area contributed by atoms with Crippen molar-refractivity contribution >= 4 is 17.5 Å². The Balaban J connectivity index is 1.37. The van der Waals surface area contributed by atoms with Crippen molar-refractivity contribution in [2.75, 3.05) is 24.5 Å². The molecule has 0 saturated carbocycles. The molecule has 0 radical (unpaired) electrons. The minimum atomic E-state index is -0.721. The summed E-state index contributed by atoms with van der Waals surface area (Å²) in [7, 11) is 0. The van der Waals surface area contributed by atoms with Gasteiger partial charge in [0, 0.05) is 56.7 Å². The molecule has 2 heterocycles. The van der Waals surface area contributed by atoms with E-state index in [1.54, 1.807) is 15.9 Å². The lowest BCUT2D eigenvalue weighted by Gasteiger charge is -2.32. The number of amides is 2. The first-order valence-corrected chi connectivity index (χ1v) is 9.74. The summed E-state index contributed by atoms with van der Waals surface area (Å²) < 4.78 is 32.4. The van der Waals surface area contributed by atoms with Crippen molar-refractivity contribution < 1.29 is 23.1 Å². The first-order chi connectivity index (χ1) is 13.9. The van der Waals surface area contributed by atoms with Gasteiger partial charge >= 0.3 is 0 Å². The molecule has 2 aliphatic heterocycles. The van der Waals surface area contributed by atoms with Crippen LogP contribution in [0.15, 0.2) is 36.4 Å². The molecule has 0 N–H and O–H groups in total. The Labute approximate surface area is 167 Å². The summed E-state index contributed by atoms with van der Waals surface area (Å²) in [5.41, 5.74) is 2.50. The van der Waals surface area contributed by atoms with Gasteiger partial charge in [-0.25, -0.2) is 8.78 Å². The fourth-order valence-corrected chi connectivity index (χ4v) is 3.97. The van der Waals surface area contributed by atoms with E-state index in [1.807, 2.05) is 12.1 Å². The fourth-order valence-electron chi connectivity index (χ4n) is 3.97. The number of benzene rings is 2. The Kier molecular flexibility index (Phi) is 5.22. The standard InChI is InChI=1S/C22H22F2N2O3/c1-14(27)26-11-6-15-12-16(2-4-20(15)26)22(28)25-9-7-18(8-10-25)29-21-5-3-17(23)13-19(21)24/h2-5,12-13,18H,6-11H2,1H3. The van der Waals surface area contributed by atoms with Gasteiger partial charge in [-0.05, 0) is 42.3 Å². The van der Waals surface area contributed by atoms with Crippen LogP contribution in [0.1, 0.15) is 35.7 Å². The van der Waals surface area contributed by atoms with E-state index in [1.165, 1.54) is 13.0 Å². The lowest BCUT2D eigenvalue weighted by molar-refractivity contribution is -0.116. The van der Waals surface area contributed by atoms with Gasteiger partial charge in [-0.2, -0.15) is 0 Å². The normalized spacial score (nSPS) is 16.7. The Hall–Kier alpha value is -2.96. The molecule has 0 unspecified atom stereocenters. The minimum absolute atomic E-state index is 0.00231. The second-order valence-electron chi connectivity index (χ2n) is 7.45. The predicted octanol–water partition coefficient (Wildman–Crippen LogP) is 3.56. The molecule has 2 aromatic carbocycles. The number of likely N-dealkylation sites (tertiary alicyclic amines) is 1. The smallest absolute Gasteiger partial charge is 0.253 e. The van der Waals surface area contributed by atoms with Crippen molar-refractivity contribution in [3.63, 3.8) is 0 Å². The van der Waals surface area contributed by atoms with E-state index < -0.39 is 11.6 Å². The van der Waals surface area contributed by atoms with Crippen LogP contribution in [0.4, 0.5) is 14.5 Å². The molecule has 0 spiro atoms. The SMILES string of the molecule is CC(=O)N1CCc2cc(C(=O)N3CCC(Oc4ccc(F)cc4F)CC3)ccc21. The first-order valence-electron chi connectivity index (χ1n) is 9.74. The van der Waals surface area contributed by atoms with Crippen molar-refractivity contribution in [1.82, 2.24) is 4.90 Å². The Morgan fingerprint density at radius 2 is 1.79 bits per heavy atom. The van der Waals surface area contributed by atoms with Gasteiger partial charge in [0.25, 0.3) is 5.91 Å². The zero-order valence-corrected chi connectivity index (χ0v) is 16.2. The number of anilines is 1. The van der Waals surface area contributed by atoms with Crippen LogP contribution in [0.2, 0.25) is 0 Å². The number of rotatable bonds is 3. The van der Waals surface area contributed by atoms with E-state index in [2.05, 4.69) is 0 Å². The number of ether oxygens (including phenoxy) is 1. The van der Waals surface area contributed by atoms with Gasteiger partial charge < -0.3 is 14.5 Å². The lowest BCUT2D eigenvalue weighted by Crippen LogP contribution is -2.41. The van der Waals surface area contributed by atoms with Gasteiger partial charge in [-0.15, -0.1) is 0 Å². The van der Waals surface area contributed by atoms with E-state index in [0.29, 0.717) is 38.0 Å². The van der Waals surface area contributed by atoms with E-state index in [4.69, 9.17) is 4.74 Å². The molecule has 1 saturated heterocycles. The average Bonchev–Trinajstić information content (AvgIpc) is 3.13. The van der Waals surface area contributed by atoms with Gasteiger partial charge in [0.15, 0.2) is 11.6 Å². The quantitative estimate of drug-likeness (QED) is 0.792. The van der Waals surface area contributed by atoms with Crippen molar-refractivity contribution in [2.45, 2.75) is 32.3 Å². The second-order valence-corrected chi connectivity index (χ2v) is 7.45. The molecule has 2 aromatic rings. The number of hydrogen-bond acceptors (Lipinski definition) is 3. The van der Waals surface area contributed by atoms with Gasteiger partial charge in [-0.3, -0.25) is 9.59 Å². The highest BCUT2D eigenvalue weighted by molar-refractivity contribution is 5.97. The van der Waals surface area contributed by atoms with Gasteiger partial charge in [0.2, 0.25) is 5.91 Å². The highest BCUT2D eigenvalue weighted by atomic mass is 19.1. The van der Waals surface area contributed by atoms with Crippen molar-refractivity contribution in [2.24, 2.45) is 0 Å². The van der Waals surface area contributed by atoms with E-state index in [9.17, 15) is 18.4 Å². The number of carbonyl (C=O) groups excluding carboxylic acids is 2. The molecule has 4 rings (SSSR count). The van der Waals surface area contributed by atoms with Gasteiger partial charge in [0.05, 0.1) is 0 Å². The van der Waals surface area contributed by atoms with Crippen LogP contribution in [0.3, 0.4) is 0 Å². The molecule has 152 valence electrons. The maximum Gasteiger partial charge on any atom is 0.253 e. The van der Waals surface area contributed by atoms with Crippen LogP contribution >= 0.6 is 0 Å². The van der Waals surface area contributed by atoms with Crippen LogP contribution in [0.5, 0.6) is 5.75 Å². The molecule has 0 atom stereocenters. The van der Waals surface area contributed by atoms with Crippen LogP contribution in [0.25, 0.3) is 0 Å². The van der Waals surface area contributed by atoms with Gasteiger partial charge in [-0.1, -0.05) is 0 Å².